The summed E-state index contributed by atoms with van der Waals surface area (Å²) in [4.78, 5) is 11.9. The summed E-state index contributed by atoms with van der Waals surface area (Å²) < 4.78 is 25.8. The van der Waals surface area contributed by atoms with Gasteiger partial charge in [0.25, 0.3) is 0 Å². The van der Waals surface area contributed by atoms with Crippen LogP contribution in [0.5, 0.6) is 0 Å². The number of hydrogen-bond acceptors (Lipinski definition) is 2. The van der Waals surface area contributed by atoms with Crippen LogP contribution in [-0.4, -0.2) is 23.2 Å². The number of rotatable bonds is 7. The van der Waals surface area contributed by atoms with Crippen LogP contribution in [-0.2, 0) is 11.2 Å². The van der Waals surface area contributed by atoms with E-state index in [-0.39, 0.29) is 18.9 Å². The van der Waals surface area contributed by atoms with Gasteiger partial charge in [-0.2, -0.15) is 0 Å². The van der Waals surface area contributed by atoms with Gasteiger partial charge in [-0.3, -0.25) is 4.79 Å². The Bertz CT molecular complexity index is 451. The van der Waals surface area contributed by atoms with Crippen LogP contribution in [0, 0.1) is 11.6 Å². The minimum Gasteiger partial charge on any atom is -0.394 e. The summed E-state index contributed by atoms with van der Waals surface area (Å²) in [5.74, 6) is -2.00. The molecule has 0 saturated carbocycles. The summed E-state index contributed by atoms with van der Waals surface area (Å²) in [6.07, 6.45) is 1.78. The number of hydrogen-bond donors (Lipinski definition) is 2. The highest BCUT2D eigenvalue weighted by Crippen LogP contribution is 2.15. The van der Waals surface area contributed by atoms with E-state index < -0.39 is 17.2 Å². The lowest BCUT2D eigenvalue weighted by Gasteiger charge is -2.30. The van der Waals surface area contributed by atoms with Crippen LogP contribution >= 0.6 is 0 Å². The van der Waals surface area contributed by atoms with E-state index in [4.69, 9.17) is 0 Å². The minimum atomic E-state index is -0.908. The van der Waals surface area contributed by atoms with Crippen molar-refractivity contribution in [3.05, 3.63) is 35.4 Å². The second kappa shape index (κ2) is 7.33. The monoisotopic (exact) mass is 285 g/mol. The molecule has 1 aromatic rings. The first-order chi connectivity index (χ1) is 9.46. The lowest BCUT2D eigenvalue weighted by atomic mass is 9.93. The molecule has 0 spiro atoms. The minimum absolute atomic E-state index is 0.114. The Labute approximate surface area is 118 Å². The molecule has 0 aliphatic rings. The van der Waals surface area contributed by atoms with E-state index >= 15 is 0 Å². The fourth-order valence-corrected chi connectivity index (χ4v) is 2.00. The van der Waals surface area contributed by atoms with Gasteiger partial charge in [-0.1, -0.05) is 19.9 Å². The zero-order valence-electron chi connectivity index (χ0n) is 11.9. The predicted molar refractivity (Wildman–Crippen MR) is 73.2 cm³/mol. The van der Waals surface area contributed by atoms with E-state index in [9.17, 15) is 18.7 Å². The van der Waals surface area contributed by atoms with Gasteiger partial charge in [0, 0.05) is 6.42 Å². The van der Waals surface area contributed by atoms with E-state index in [1.54, 1.807) is 0 Å². The van der Waals surface area contributed by atoms with Crippen LogP contribution in [0.4, 0.5) is 8.78 Å². The predicted octanol–water partition coefficient (Wildman–Crippen LogP) is 2.56. The fraction of sp³-hybridized carbons (Fsp3) is 0.533. The summed E-state index contributed by atoms with van der Waals surface area (Å²) in [6.45, 7) is 3.68. The van der Waals surface area contributed by atoms with Crippen molar-refractivity contribution in [2.75, 3.05) is 6.61 Å². The van der Waals surface area contributed by atoms with Gasteiger partial charge in [0.1, 0.15) is 0 Å². The van der Waals surface area contributed by atoms with Crippen molar-refractivity contribution in [1.82, 2.24) is 5.32 Å². The van der Waals surface area contributed by atoms with Crippen molar-refractivity contribution in [2.45, 2.75) is 45.1 Å². The number of amides is 1. The van der Waals surface area contributed by atoms with Crippen LogP contribution < -0.4 is 5.32 Å². The Morgan fingerprint density at radius 2 is 1.90 bits per heavy atom. The highest BCUT2D eigenvalue weighted by molar-refractivity contribution is 5.77. The van der Waals surface area contributed by atoms with Crippen LogP contribution in [0.25, 0.3) is 0 Å². The number of aryl methyl sites for hydroxylation is 1. The average molecular weight is 285 g/mol. The largest absolute Gasteiger partial charge is 0.394 e. The third-order valence-corrected chi connectivity index (χ3v) is 3.69. The first-order valence-electron chi connectivity index (χ1n) is 6.82. The van der Waals surface area contributed by atoms with Gasteiger partial charge < -0.3 is 10.4 Å². The number of benzene rings is 1. The van der Waals surface area contributed by atoms with Gasteiger partial charge in [0.2, 0.25) is 5.91 Å². The maximum absolute atomic E-state index is 13.0. The molecular weight excluding hydrogens is 264 g/mol. The first kappa shape index (κ1) is 16.6. The number of halogens is 2. The molecule has 0 bridgehead atoms. The molecule has 20 heavy (non-hydrogen) atoms. The smallest absolute Gasteiger partial charge is 0.220 e. The summed E-state index contributed by atoms with van der Waals surface area (Å²) in [5.41, 5.74) is -0.0212. The Morgan fingerprint density at radius 3 is 2.40 bits per heavy atom. The normalized spacial score (nSPS) is 11.4. The molecule has 0 aliphatic carbocycles. The van der Waals surface area contributed by atoms with Gasteiger partial charge >= 0.3 is 0 Å². The molecule has 1 amide bonds. The van der Waals surface area contributed by atoms with Crippen LogP contribution in [0.2, 0.25) is 0 Å². The third kappa shape index (κ3) is 4.27. The van der Waals surface area contributed by atoms with Crippen LogP contribution in [0.1, 0.15) is 38.7 Å². The van der Waals surface area contributed by atoms with Crippen molar-refractivity contribution in [3.8, 4) is 0 Å². The van der Waals surface area contributed by atoms with Crippen molar-refractivity contribution < 1.29 is 18.7 Å². The molecule has 3 nitrogen and oxygen atoms in total. The van der Waals surface area contributed by atoms with Crippen LogP contribution in [0.3, 0.4) is 0 Å². The highest BCUT2D eigenvalue weighted by Gasteiger charge is 2.26. The van der Waals surface area contributed by atoms with Gasteiger partial charge in [-0.15, -0.1) is 0 Å². The average Bonchev–Trinajstić information content (AvgIpc) is 2.46. The van der Waals surface area contributed by atoms with Crippen molar-refractivity contribution >= 4 is 5.91 Å². The second-order valence-electron chi connectivity index (χ2n) is 4.94. The molecule has 2 N–H and O–H groups in total. The lowest BCUT2D eigenvalue weighted by Crippen LogP contribution is -2.50. The summed E-state index contributed by atoms with van der Waals surface area (Å²) in [6, 6.07) is 3.62. The SMILES string of the molecule is CCC(CC)(CO)NC(=O)CCc1ccc(F)c(F)c1. The number of carbonyl (C=O) groups is 1. The molecule has 0 unspecified atom stereocenters. The van der Waals surface area contributed by atoms with E-state index in [2.05, 4.69) is 5.32 Å². The Morgan fingerprint density at radius 1 is 1.25 bits per heavy atom. The molecule has 5 heteroatoms. The fourth-order valence-electron chi connectivity index (χ4n) is 2.00. The molecule has 0 aliphatic heterocycles. The van der Waals surface area contributed by atoms with E-state index in [1.165, 1.54) is 6.07 Å². The molecular formula is C15H21F2NO2. The number of aliphatic hydroxyl groups excluding tert-OH is 1. The van der Waals surface area contributed by atoms with Crippen molar-refractivity contribution in [3.63, 3.8) is 0 Å². The number of aliphatic hydroxyl groups is 1. The van der Waals surface area contributed by atoms with Gasteiger partial charge in [-0.25, -0.2) is 8.78 Å². The molecule has 1 aromatic carbocycles. The lowest BCUT2D eigenvalue weighted by molar-refractivity contribution is -0.123. The molecule has 1 rings (SSSR count). The topological polar surface area (TPSA) is 49.3 Å². The van der Waals surface area contributed by atoms with E-state index in [1.807, 2.05) is 13.8 Å². The molecule has 0 heterocycles. The molecule has 0 aromatic heterocycles. The maximum atomic E-state index is 13.0. The Kier molecular flexibility index (Phi) is 6.07. The van der Waals surface area contributed by atoms with Crippen LogP contribution in [0.15, 0.2) is 18.2 Å². The quantitative estimate of drug-likeness (QED) is 0.809. The number of carbonyl (C=O) groups excluding carboxylic acids is 1. The van der Waals surface area contributed by atoms with Crippen molar-refractivity contribution in [2.24, 2.45) is 0 Å². The van der Waals surface area contributed by atoms with Gasteiger partial charge in [0.05, 0.1) is 12.1 Å². The Hall–Kier alpha value is -1.49. The zero-order chi connectivity index (χ0) is 15.2. The summed E-state index contributed by atoms with van der Waals surface area (Å²) in [7, 11) is 0. The zero-order valence-corrected chi connectivity index (χ0v) is 11.9. The molecule has 0 radical (unpaired) electrons. The number of nitrogens with one attached hydrogen (secondary N) is 1. The highest BCUT2D eigenvalue weighted by atomic mass is 19.2. The molecule has 112 valence electrons. The Balaban J connectivity index is 2.56. The summed E-state index contributed by atoms with van der Waals surface area (Å²) in [5, 5.41) is 12.2. The van der Waals surface area contributed by atoms with Gasteiger partial charge in [0.15, 0.2) is 11.6 Å². The first-order valence-corrected chi connectivity index (χ1v) is 6.82. The maximum Gasteiger partial charge on any atom is 0.220 e. The summed E-state index contributed by atoms with van der Waals surface area (Å²) >= 11 is 0. The van der Waals surface area contributed by atoms with E-state index in [0.29, 0.717) is 24.8 Å². The molecule has 0 saturated heterocycles. The molecule has 0 atom stereocenters. The standard InChI is InChI=1S/C15H21F2NO2/c1-3-15(4-2,10-19)18-14(20)8-6-11-5-7-12(16)13(17)9-11/h5,7,9,19H,3-4,6,8,10H2,1-2H3,(H,18,20). The van der Waals surface area contributed by atoms with Crippen molar-refractivity contribution in [1.29, 1.82) is 0 Å². The molecule has 0 fully saturated rings. The van der Waals surface area contributed by atoms with E-state index in [0.717, 1.165) is 12.1 Å². The van der Waals surface area contributed by atoms with Gasteiger partial charge in [-0.05, 0) is 37.0 Å². The second-order valence-corrected chi connectivity index (χ2v) is 4.94. The third-order valence-electron chi connectivity index (χ3n) is 3.69.